The standard InChI is InChI=1S/C16H17N3O4/c1-3-12-6-8-18(9-7-12)11-16(20)17-14-5-4-13(23-2)10-15(14)19(21)22/h4-10H,3,11H2,1-2H3/p+1. The molecule has 0 atom stereocenters. The van der Waals surface area contributed by atoms with Crippen molar-refractivity contribution in [3.63, 3.8) is 0 Å². The number of nitro groups is 1. The molecule has 0 unspecified atom stereocenters. The second-order valence-electron chi connectivity index (χ2n) is 4.92. The number of ether oxygens (including phenoxy) is 1. The monoisotopic (exact) mass is 316 g/mol. The highest BCUT2D eigenvalue weighted by Gasteiger charge is 2.18. The van der Waals surface area contributed by atoms with E-state index in [1.807, 2.05) is 12.1 Å². The van der Waals surface area contributed by atoms with Crippen LogP contribution in [0.15, 0.2) is 42.7 Å². The van der Waals surface area contributed by atoms with Crippen LogP contribution in [0, 0.1) is 10.1 Å². The van der Waals surface area contributed by atoms with Gasteiger partial charge in [-0.05, 0) is 24.1 Å². The molecule has 0 fully saturated rings. The highest BCUT2D eigenvalue weighted by Crippen LogP contribution is 2.28. The van der Waals surface area contributed by atoms with Crippen molar-refractivity contribution in [2.24, 2.45) is 0 Å². The van der Waals surface area contributed by atoms with Crippen LogP contribution in [-0.2, 0) is 17.8 Å². The molecule has 1 amide bonds. The SMILES string of the molecule is CCc1cc[n+](CC(=O)Nc2ccc(OC)cc2[N+](=O)[O-])cc1. The zero-order valence-corrected chi connectivity index (χ0v) is 13.0. The van der Waals surface area contributed by atoms with E-state index >= 15 is 0 Å². The molecule has 0 saturated heterocycles. The number of pyridine rings is 1. The molecule has 0 aliphatic heterocycles. The van der Waals surface area contributed by atoms with E-state index in [0.717, 1.165) is 6.42 Å². The van der Waals surface area contributed by atoms with Crippen molar-refractivity contribution in [1.29, 1.82) is 0 Å². The summed E-state index contributed by atoms with van der Waals surface area (Å²) in [5.41, 5.74) is 1.11. The predicted molar refractivity (Wildman–Crippen MR) is 84.3 cm³/mol. The number of nitrogens with zero attached hydrogens (tertiary/aromatic N) is 2. The molecule has 0 aliphatic carbocycles. The minimum absolute atomic E-state index is 0.0766. The van der Waals surface area contributed by atoms with Gasteiger partial charge in [0.05, 0.1) is 18.1 Å². The van der Waals surface area contributed by atoms with Gasteiger partial charge in [-0.1, -0.05) is 6.92 Å². The molecule has 0 radical (unpaired) electrons. The number of nitro benzene ring substituents is 1. The Morgan fingerprint density at radius 2 is 2.00 bits per heavy atom. The van der Waals surface area contributed by atoms with Crippen molar-refractivity contribution in [2.75, 3.05) is 12.4 Å². The second-order valence-corrected chi connectivity index (χ2v) is 4.92. The van der Waals surface area contributed by atoms with E-state index in [1.54, 1.807) is 23.0 Å². The number of carbonyl (C=O) groups excluding carboxylic acids is 1. The fraction of sp³-hybridized carbons (Fsp3) is 0.250. The average molecular weight is 316 g/mol. The highest BCUT2D eigenvalue weighted by molar-refractivity contribution is 5.92. The van der Waals surface area contributed by atoms with Gasteiger partial charge in [0.25, 0.3) is 11.6 Å². The Kier molecular flexibility index (Phi) is 5.24. The minimum atomic E-state index is -0.554. The quantitative estimate of drug-likeness (QED) is 0.502. The molecule has 7 heteroatoms. The number of anilines is 1. The Morgan fingerprint density at radius 3 is 2.57 bits per heavy atom. The molecule has 0 bridgehead atoms. The molecule has 23 heavy (non-hydrogen) atoms. The van der Waals surface area contributed by atoms with Crippen molar-refractivity contribution in [1.82, 2.24) is 0 Å². The molecular formula is C16H18N3O4+. The zero-order valence-electron chi connectivity index (χ0n) is 13.0. The first-order chi connectivity index (χ1) is 11.0. The Balaban J connectivity index is 2.11. The zero-order chi connectivity index (χ0) is 16.8. The van der Waals surface area contributed by atoms with E-state index in [0.29, 0.717) is 5.75 Å². The lowest BCUT2D eigenvalue weighted by Crippen LogP contribution is -2.39. The number of methoxy groups -OCH3 is 1. The summed E-state index contributed by atoms with van der Waals surface area (Å²) in [5.74, 6) is 0.0201. The number of benzene rings is 1. The molecule has 1 heterocycles. The topological polar surface area (TPSA) is 85.3 Å². The van der Waals surface area contributed by atoms with E-state index in [9.17, 15) is 14.9 Å². The van der Waals surface area contributed by atoms with Gasteiger partial charge in [0.15, 0.2) is 12.4 Å². The lowest BCUT2D eigenvalue weighted by Gasteiger charge is -2.06. The number of amides is 1. The van der Waals surface area contributed by atoms with Crippen LogP contribution in [-0.4, -0.2) is 17.9 Å². The number of carbonyl (C=O) groups is 1. The number of rotatable bonds is 6. The minimum Gasteiger partial charge on any atom is -0.496 e. The van der Waals surface area contributed by atoms with Gasteiger partial charge in [-0.2, -0.15) is 4.57 Å². The van der Waals surface area contributed by atoms with E-state index in [2.05, 4.69) is 12.2 Å². The van der Waals surface area contributed by atoms with Crippen molar-refractivity contribution >= 4 is 17.3 Å². The van der Waals surface area contributed by atoms with Gasteiger partial charge in [-0.15, -0.1) is 0 Å². The van der Waals surface area contributed by atoms with Crippen LogP contribution in [0.4, 0.5) is 11.4 Å². The van der Waals surface area contributed by atoms with Crippen LogP contribution in [0.5, 0.6) is 5.75 Å². The van der Waals surface area contributed by atoms with Gasteiger partial charge in [0.1, 0.15) is 11.4 Å². The number of nitrogens with one attached hydrogen (secondary N) is 1. The van der Waals surface area contributed by atoms with E-state index in [4.69, 9.17) is 4.74 Å². The van der Waals surface area contributed by atoms with Crippen molar-refractivity contribution < 1.29 is 19.0 Å². The summed E-state index contributed by atoms with van der Waals surface area (Å²) in [6.07, 6.45) is 4.53. The molecule has 2 aromatic rings. The van der Waals surface area contributed by atoms with E-state index in [-0.39, 0.29) is 23.8 Å². The van der Waals surface area contributed by atoms with Crippen LogP contribution in [0.2, 0.25) is 0 Å². The molecule has 0 saturated carbocycles. The largest absolute Gasteiger partial charge is 0.496 e. The lowest BCUT2D eigenvalue weighted by molar-refractivity contribution is -0.684. The third kappa shape index (κ3) is 4.26. The Hall–Kier alpha value is -2.96. The Labute approximate surface area is 133 Å². The molecule has 1 aromatic carbocycles. The van der Waals surface area contributed by atoms with Gasteiger partial charge in [0.2, 0.25) is 6.54 Å². The molecule has 1 N–H and O–H groups in total. The normalized spacial score (nSPS) is 10.2. The molecule has 0 spiro atoms. The first-order valence-corrected chi connectivity index (χ1v) is 7.13. The average Bonchev–Trinajstić information content (AvgIpc) is 2.55. The van der Waals surface area contributed by atoms with Crippen LogP contribution >= 0.6 is 0 Å². The fourth-order valence-electron chi connectivity index (χ4n) is 2.08. The number of hydrogen-bond acceptors (Lipinski definition) is 4. The van der Waals surface area contributed by atoms with Crippen molar-refractivity contribution in [2.45, 2.75) is 19.9 Å². The summed E-state index contributed by atoms with van der Waals surface area (Å²) < 4.78 is 6.67. The van der Waals surface area contributed by atoms with Gasteiger partial charge in [-0.3, -0.25) is 14.9 Å². The van der Waals surface area contributed by atoms with Crippen LogP contribution < -0.4 is 14.6 Å². The first-order valence-electron chi connectivity index (χ1n) is 7.13. The summed E-state index contributed by atoms with van der Waals surface area (Å²) in [6, 6.07) is 8.16. The number of hydrogen-bond donors (Lipinski definition) is 1. The maximum absolute atomic E-state index is 12.1. The number of aryl methyl sites for hydroxylation is 1. The van der Waals surface area contributed by atoms with E-state index in [1.165, 1.54) is 24.8 Å². The summed E-state index contributed by atoms with van der Waals surface area (Å²) >= 11 is 0. The predicted octanol–water partition coefficient (Wildman–Crippen LogP) is 2.09. The van der Waals surface area contributed by atoms with Crippen LogP contribution in [0.3, 0.4) is 0 Å². The second kappa shape index (κ2) is 7.35. The van der Waals surface area contributed by atoms with Crippen molar-refractivity contribution in [3.05, 3.63) is 58.4 Å². The number of aromatic nitrogens is 1. The van der Waals surface area contributed by atoms with E-state index < -0.39 is 4.92 Å². The third-order valence-electron chi connectivity index (χ3n) is 3.37. The van der Waals surface area contributed by atoms with Crippen LogP contribution in [0.1, 0.15) is 12.5 Å². The van der Waals surface area contributed by atoms with Crippen molar-refractivity contribution in [3.8, 4) is 5.75 Å². The smallest absolute Gasteiger partial charge is 0.296 e. The Bertz CT molecular complexity index is 714. The highest BCUT2D eigenvalue weighted by atomic mass is 16.6. The Morgan fingerprint density at radius 1 is 1.30 bits per heavy atom. The van der Waals surface area contributed by atoms with Gasteiger partial charge in [0, 0.05) is 12.1 Å². The third-order valence-corrected chi connectivity index (χ3v) is 3.37. The first kappa shape index (κ1) is 16.4. The summed E-state index contributed by atoms with van der Waals surface area (Å²) in [4.78, 5) is 22.6. The lowest BCUT2D eigenvalue weighted by atomic mass is 10.2. The molecule has 0 aliphatic rings. The summed E-state index contributed by atoms with van der Waals surface area (Å²) in [6.45, 7) is 2.13. The molecule has 7 nitrogen and oxygen atoms in total. The maximum atomic E-state index is 12.1. The summed E-state index contributed by atoms with van der Waals surface area (Å²) in [7, 11) is 1.42. The fourth-order valence-corrected chi connectivity index (χ4v) is 2.08. The maximum Gasteiger partial charge on any atom is 0.296 e. The molecule has 2 rings (SSSR count). The van der Waals surface area contributed by atoms with Gasteiger partial charge >= 0.3 is 0 Å². The molecular weight excluding hydrogens is 298 g/mol. The molecule has 1 aromatic heterocycles. The summed E-state index contributed by atoms with van der Waals surface area (Å²) in [5, 5.41) is 13.7. The van der Waals surface area contributed by atoms with Gasteiger partial charge < -0.3 is 10.1 Å². The van der Waals surface area contributed by atoms with Gasteiger partial charge in [-0.25, -0.2) is 0 Å². The van der Waals surface area contributed by atoms with Crippen LogP contribution in [0.25, 0.3) is 0 Å². The molecule has 120 valence electrons.